The minimum Gasteiger partial charge on any atom is -0.497 e. The molecule has 0 spiro atoms. The number of carbonyl (C=O) groups excluding carboxylic acids is 1. The highest BCUT2D eigenvalue weighted by Gasteiger charge is 2.12. The Morgan fingerprint density at radius 2 is 1.79 bits per heavy atom. The van der Waals surface area contributed by atoms with Crippen molar-refractivity contribution in [2.24, 2.45) is 0 Å². The number of aromatic nitrogens is 1. The molecule has 0 bridgehead atoms. The van der Waals surface area contributed by atoms with E-state index in [4.69, 9.17) is 4.74 Å². The van der Waals surface area contributed by atoms with Crippen LogP contribution in [0, 0.1) is 0 Å². The zero-order valence-electron chi connectivity index (χ0n) is 13.4. The first-order chi connectivity index (χ1) is 11.8. The summed E-state index contributed by atoms with van der Waals surface area (Å²) < 4.78 is 5.18. The highest BCUT2D eigenvalue weighted by Crippen LogP contribution is 2.25. The molecular formula is C20H18N2O2. The maximum Gasteiger partial charge on any atom is 0.252 e. The van der Waals surface area contributed by atoms with Crippen LogP contribution in [0.15, 0.2) is 73.1 Å². The Bertz CT molecular complexity index is 815. The summed E-state index contributed by atoms with van der Waals surface area (Å²) in [6, 6.07) is 19.1. The van der Waals surface area contributed by atoms with Crippen molar-refractivity contribution in [2.75, 3.05) is 7.11 Å². The van der Waals surface area contributed by atoms with E-state index in [1.807, 2.05) is 54.6 Å². The molecule has 0 radical (unpaired) electrons. The van der Waals surface area contributed by atoms with Crippen LogP contribution in [0.2, 0.25) is 0 Å². The van der Waals surface area contributed by atoms with Gasteiger partial charge in [-0.25, -0.2) is 0 Å². The number of carbonyl (C=O) groups is 1. The van der Waals surface area contributed by atoms with Gasteiger partial charge < -0.3 is 10.1 Å². The third kappa shape index (κ3) is 3.60. The molecule has 1 aromatic heterocycles. The second-order valence-corrected chi connectivity index (χ2v) is 5.32. The number of pyridine rings is 1. The van der Waals surface area contributed by atoms with E-state index in [0.29, 0.717) is 12.1 Å². The zero-order chi connectivity index (χ0) is 16.8. The number of amides is 1. The van der Waals surface area contributed by atoms with Crippen LogP contribution < -0.4 is 10.1 Å². The molecular weight excluding hydrogens is 300 g/mol. The molecule has 0 atom stereocenters. The highest BCUT2D eigenvalue weighted by atomic mass is 16.5. The monoisotopic (exact) mass is 318 g/mol. The molecule has 4 nitrogen and oxygen atoms in total. The molecule has 3 rings (SSSR count). The Morgan fingerprint density at radius 3 is 2.50 bits per heavy atom. The van der Waals surface area contributed by atoms with Gasteiger partial charge in [-0.2, -0.15) is 0 Å². The lowest BCUT2D eigenvalue weighted by Gasteiger charge is -2.10. The minimum atomic E-state index is -0.118. The summed E-state index contributed by atoms with van der Waals surface area (Å²) in [5.41, 5.74) is 3.39. The van der Waals surface area contributed by atoms with Crippen LogP contribution in [-0.4, -0.2) is 18.0 Å². The smallest absolute Gasteiger partial charge is 0.252 e. The molecule has 0 aliphatic rings. The fourth-order valence-corrected chi connectivity index (χ4v) is 2.47. The normalized spacial score (nSPS) is 10.2. The van der Waals surface area contributed by atoms with Gasteiger partial charge in [0, 0.05) is 24.5 Å². The molecule has 4 heteroatoms. The van der Waals surface area contributed by atoms with E-state index in [1.54, 1.807) is 25.6 Å². The van der Waals surface area contributed by atoms with E-state index >= 15 is 0 Å². The second-order valence-electron chi connectivity index (χ2n) is 5.32. The quantitative estimate of drug-likeness (QED) is 0.780. The summed E-state index contributed by atoms with van der Waals surface area (Å²) >= 11 is 0. The number of nitrogens with zero attached hydrogens (tertiary/aromatic N) is 1. The number of methoxy groups -OCH3 is 1. The maximum atomic E-state index is 12.6. The van der Waals surface area contributed by atoms with Crippen LogP contribution >= 0.6 is 0 Å². The van der Waals surface area contributed by atoms with E-state index in [1.165, 1.54) is 0 Å². The first-order valence-corrected chi connectivity index (χ1v) is 7.68. The highest BCUT2D eigenvalue weighted by molar-refractivity contribution is 6.00. The summed E-state index contributed by atoms with van der Waals surface area (Å²) in [6.45, 7) is 0.490. The van der Waals surface area contributed by atoms with E-state index in [0.717, 1.165) is 22.4 Å². The Morgan fingerprint density at radius 1 is 1.04 bits per heavy atom. The van der Waals surface area contributed by atoms with E-state index in [9.17, 15) is 4.79 Å². The van der Waals surface area contributed by atoms with Crippen molar-refractivity contribution in [3.63, 3.8) is 0 Å². The van der Waals surface area contributed by atoms with Gasteiger partial charge in [0.2, 0.25) is 0 Å². The molecule has 24 heavy (non-hydrogen) atoms. The fraction of sp³-hybridized carbons (Fsp3) is 0.100. The lowest BCUT2D eigenvalue weighted by Crippen LogP contribution is -2.23. The predicted octanol–water partition coefficient (Wildman–Crippen LogP) is 3.69. The summed E-state index contributed by atoms with van der Waals surface area (Å²) in [6.07, 6.45) is 3.34. The average molecular weight is 318 g/mol. The number of hydrogen-bond acceptors (Lipinski definition) is 3. The molecule has 120 valence electrons. The molecule has 0 aliphatic carbocycles. The molecule has 2 aromatic carbocycles. The van der Waals surface area contributed by atoms with Gasteiger partial charge >= 0.3 is 0 Å². The molecule has 1 N–H and O–H groups in total. The second kappa shape index (κ2) is 7.42. The van der Waals surface area contributed by atoms with Crippen molar-refractivity contribution in [3.8, 4) is 16.9 Å². The fourth-order valence-electron chi connectivity index (χ4n) is 2.47. The largest absolute Gasteiger partial charge is 0.497 e. The molecule has 0 aliphatic heterocycles. The van der Waals surface area contributed by atoms with Crippen LogP contribution in [0.3, 0.4) is 0 Å². The number of hydrogen-bond donors (Lipinski definition) is 1. The Hall–Kier alpha value is -3.14. The molecule has 0 fully saturated rings. The van der Waals surface area contributed by atoms with Gasteiger partial charge in [0.25, 0.3) is 5.91 Å². The molecule has 0 saturated heterocycles. The van der Waals surface area contributed by atoms with Crippen molar-refractivity contribution in [3.05, 3.63) is 84.2 Å². The minimum absolute atomic E-state index is 0.118. The van der Waals surface area contributed by atoms with Crippen LogP contribution in [-0.2, 0) is 6.54 Å². The van der Waals surface area contributed by atoms with Gasteiger partial charge in [0.1, 0.15) is 5.75 Å². The van der Waals surface area contributed by atoms with Gasteiger partial charge in [0.15, 0.2) is 0 Å². The van der Waals surface area contributed by atoms with Crippen LogP contribution in [0.25, 0.3) is 11.1 Å². The standard InChI is InChI=1S/C20H18N2O2/c1-24-17-9-7-16(8-10-17)19-14-21-12-11-18(19)20(23)22-13-15-5-3-2-4-6-15/h2-12,14H,13H2,1H3,(H,22,23). The van der Waals surface area contributed by atoms with Gasteiger partial charge in [-0.15, -0.1) is 0 Å². The van der Waals surface area contributed by atoms with Gasteiger partial charge in [-0.05, 0) is 29.3 Å². The molecule has 1 amide bonds. The topological polar surface area (TPSA) is 51.2 Å². The Balaban J connectivity index is 1.81. The third-order valence-electron chi connectivity index (χ3n) is 3.76. The van der Waals surface area contributed by atoms with Gasteiger partial charge in [-0.1, -0.05) is 42.5 Å². The first kappa shape index (κ1) is 15.7. The maximum absolute atomic E-state index is 12.6. The first-order valence-electron chi connectivity index (χ1n) is 7.68. The van der Waals surface area contributed by atoms with Crippen molar-refractivity contribution in [1.29, 1.82) is 0 Å². The van der Waals surface area contributed by atoms with Crippen molar-refractivity contribution >= 4 is 5.91 Å². The number of rotatable bonds is 5. The van der Waals surface area contributed by atoms with Gasteiger partial charge in [-0.3, -0.25) is 9.78 Å². The number of ether oxygens (including phenoxy) is 1. The Labute approximate surface area is 141 Å². The van der Waals surface area contributed by atoms with E-state index in [-0.39, 0.29) is 5.91 Å². The molecule has 3 aromatic rings. The molecule has 0 unspecified atom stereocenters. The van der Waals surface area contributed by atoms with E-state index in [2.05, 4.69) is 10.3 Å². The van der Waals surface area contributed by atoms with E-state index < -0.39 is 0 Å². The van der Waals surface area contributed by atoms with Crippen LogP contribution in [0.4, 0.5) is 0 Å². The average Bonchev–Trinajstić information content (AvgIpc) is 2.67. The van der Waals surface area contributed by atoms with Crippen molar-refractivity contribution < 1.29 is 9.53 Å². The zero-order valence-corrected chi connectivity index (χ0v) is 13.4. The molecule has 1 heterocycles. The lowest BCUT2D eigenvalue weighted by atomic mass is 10.0. The molecule has 0 saturated carbocycles. The Kier molecular flexibility index (Phi) is 4.87. The summed E-state index contributed by atoms with van der Waals surface area (Å²) in [7, 11) is 1.63. The SMILES string of the molecule is COc1ccc(-c2cnccc2C(=O)NCc2ccccc2)cc1. The van der Waals surface area contributed by atoms with Gasteiger partial charge in [0.05, 0.1) is 12.7 Å². The third-order valence-corrected chi connectivity index (χ3v) is 3.76. The van der Waals surface area contributed by atoms with Crippen LogP contribution in [0.1, 0.15) is 15.9 Å². The number of benzene rings is 2. The summed E-state index contributed by atoms with van der Waals surface area (Å²) in [5.74, 6) is 0.657. The van der Waals surface area contributed by atoms with Crippen molar-refractivity contribution in [1.82, 2.24) is 10.3 Å². The van der Waals surface area contributed by atoms with Crippen LogP contribution in [0.5, 0.6) is 5.75 Å². The van der Waals surface area contributed by atoms with Crippen molar-refractivity contribution in [2.45, 2.75) is 6.54 Å². The summed E-state index contributed by atoms with van der Waals surface area (Å²) in [4.78, 5) is 16.7. The predicted molar refractivity (Wildman–Crippen MR) is 93.8 cm³/mol. The number of nitrogens with one attached hydrogen (secondary N) is 1. The lowest BCUT2D eigenvalue weighted by molar-refractivity contribution is 0.0951. The summed E-state index contributed by atoms with van der Waals surface area (Å²) in [5, 5.41) is 2.96.